The van der Waals surface area contributed by atoms with E-state index in [1.54, 1.807) is 13.4 Å². The number of benzene rings is 1. The molecule has 30 heavy (non-hydrogen) atoms. The minimum absolute atomic E-state index is 0.0713. The predicted octanol–water partition coefficient (Wildman–Crippen LogP) is 4.15. The summed E-state index contributed by atoms with van der Waals surface area (Å²) in [5.41, 5.74) is 3.28. The Bertz CT molecular complexity index is 1050. The maximum Gasteiger partial charge on any atom is 0.121 e. The van der Waals surface area contributed by atoms with Gasteiger partial charge in [-0.25, -0.2) is 0 Å². The highest BCUT2D eigenvalue weighted by atomic mass is 16.5. The zero-order chi connectivity index (χ0) is 20.2. The molecule has 6 nitrogen and oxygen atoms in total. The fourth-order valence-electron chi connectivity index (χ4n) is 5.49. The van der Waals surface area contributed by atoms with E-state index < -0.39 is 0 Å². The van der Waals surface area contributed by atoms with E-state index in [1.165, 1.54) is 5.69 Å². The van der Waals surface area contributed by atoms with E-state index >= 15 is 0 Å². The predicted molar refractivity (Wildman–Crippen MR) is 114 cm³/mol. The second-order valence-electron chi connectivity index (χ2n) is 8.86. The van der Waals surface area contributed by atoms with Crippen molar-refractivity contribution in [2.45, 2.75) is 36.9 Å². The molecule has 3 aliphatic rings. The zero-order valence-electron chi connectivity index (χ0n) is 17.3. The molecule has 1 atom stereocenters. The first kappa shape index (κ1) is 18.1. The molecule has 0 saturated carbocycles. The number of likely N-dealkylation sites (tertiary alicyclic amines) is 1. The number of furan rings is 1. The number of fused-ring (bicyclic) bond motifs is 4. The molecule has 2 saturated heterocycles. The van der Waals surface area contributed by atoms with Gasteiger partial charge in [-0.05, 0) is 49.2 Å². The largest absolute Gasteiger partial charge is 0.497 e. The van der Waals surface area contributed by atoms with Gasteiger partial charge in [-0.2, -0.15) is 0 Å². The molecule has 0 amide bonds. The Kier molecular flexibility index (Phi) is 4.01. The second-order valence-corrected chi connectivity index (χ2v) is 8.86. The van der Waals surface area contributed by atoms with Crippen molar-refractivity contribution in [1.82, 2.24) is 9.47 Å². The van der Waals surface area contributed by atoms with Gasteiger partial charge in [-0.3, -0.25) is 4.90 Å². The number of methoxy groups -OCH3 is 1. The van der Waals surface area contributed by atoms with Gasteiger partial charge in [-0.15, -0.1) is 0 Å². The van der Waals surface area contributed by atoms with Gasteiger partial charge in [0.15, 0.2) is 0 Å². The van der Waals surface area contributed by atoms with Crippen LogP contribution in [0.3, 0.4) is 0 Å². The van der Waals surface area contributed by atoms with Crippen LogP contribution >= 0.6 is 0 Å². The van der Waals surface area contributed by atoms with Gasteiger partial charge >= 0.3 is 0 Å². The fraction of sp³-hybridized carbons (Fsp3) is 0.417. The van der Waals surface area contributed by atoms with Gasteiger partial charge in [-0.1, -0.05) is 0 Å². The lowest BCUT2D eigenvalue weighted by Gasteiger charge is -2.41. The van der Waals surface area contributed by atoms with Crippen molar-refractivity contribution in [1.29, 1.82) is 0 Å². The minimum atomic E-state index is -0.202. The van der Waals surface area contributed by atoms with Crippen LogP contribution in [0.1, 0.15) is 30.7 Å². The lowest BCUT2D eigenvalue weighted by atomic mass is 9.79. The average molecular weight is 405 g/mol. The lowest BCUT2D eigenvalue weighted by Crippen LogP contribution is -2.46. The molecule has 2 spiro atoms. The van der Waals surface area contributed by atoms with E-state index in [2.05, 4.69) is 51.3 Å². The van der Waals surface area contributed by atoms with Crippen LogP contribution in [0.4, 0.5) is 5.69 Å². The standard InChI is InChI=1S/C24H27N3O3/c1-28-18-6-7-21-20(14-18)25-24(22-5-2-10-27(21)22)16-23(30-17-24)8-11-26(12-9-23)15-19-4-3-13-29-19/h2-7,10,13-14,25H,8-9,11-12,15-17H2,1H3. The molecule has 3 aromatic rings. The third kappa shape index (κ3) is 2.78. The Morgan fingerprint density at radius 1 is 1.13 bits per heavy atom. The maximum absolute atomic E-state index is 6.60. The molecule has 0 bridgehead atoms. The number of piperidine rings is 1. The summed E-state index contributed by atoms with van der Waals surface area (Å²) in [7, 11) is 1.71. The summed E-state index contributed by atoms with van der Waals surface area (Å²) in [6, 6.07) is 14.6. The van der Waals surface area contributed by atoms with Crippen molar-refractivity contribution < 1.29 is 13.9 Å². The molecule has 3 aliphatic heterocycles. The van der Waals surface area contributed by atoms with E-state index in [1.807, 2.05) is 12.1 Å². The summed E-state index contributed by atoms with van der Waals surface area (Å²) in [5.74, 6) is 1.90. The van der Waals surface area contributed by atoms with E-state index in [4.69, 9.17) is 13.9 Å². The molecule has 156 valence electrons. The van der Waals surface area contributed by atoms with Crippen molar-refractivity contribution in [3.05, 3.63) is 66.4 Å². The number of hydrogen-bond donors (Lipinski definition) is 1. The second kappa shape index (κ2) is 6.65. The third-order valence-corrected chi connectivity index (χ3v) is 7.05. The summed E-state index contributed by atoms with van der Waals surface area (Å²) in [4.78, 5) is 2.47. The number of anilines is 1. The van der Waals surface area contributed by atoms with Crippen LogP contribution in [0.15, 0.2) is 59.3 Å². The molecular formula is C24H27N3O3. The molecule has 1 N–H and O–H groups in total. The highest BCUT2D eigenvalue weighted by Crippen LogP contribution is 2.50. The van der Waals surface area contributed by atoms with E-state index in [0.29, 0.717) is 6.61 Å². The number of hydrogen-bond acceptors (Lipinski definition) is 5. The number of aromatic nitrogens is 1. The quantitative estimate of drug-likeness (QED) is 0.709. The van der Waals surface area contributed by atoms with E-state index in [0.717, 1.165) is 61.8 Å². The number of nitrogens with one attached hydrogen (secondary N) is 1. The van der Waals surface area contributed by atoms with E-state index in [9.17, 15) is 0 Å². The van der Waals surface area contributed by atoms with Crippen LogP contribution < -0.4 is 10.1 Å². The van der Waals surface area contributed by atoms with Crippen molar-refractivity contribution in [3.8, 4) is 11.4 Å². The summed E-state index contributed by atoms with van der Waals surface area (Å²) in [5, 5.41) is 3.85. The molecule has 5 heterocycles. The highest BCUT2D eigenvalue weighted by Gasteiger charge is 2.53. The SMILES string of the molecule is COc1ccc2c(c1)NC1(COC3(CCN(Cc4ccco4)CC3)C1)c1cccn1-2. The van der Waals surface area contributed by atoms with Crippen molar-refractivity contribution in [2.75, 3.05) is 32.1 Å². The molecule has 1 aromatic carbocycles. The Morgan fingerprint density at radius 2 is 2.03 bits per heavy atom. The Labute approximate surface area is 176 Å². The zero-order valence-corrected chi connectivity index (χ0v) is 17.3. The Morgan fingerprint density at radius 3 is 2.83 bits per heavy atom. The van der Waals surface area contributed by atoms with Crippen LogP contribution in [0.25, 0.3) is 5.69 Å². The van der Waals surface area contributed by atoms with Gasteiger partial charge in [0.05, 0.1) is 49.2 Å². The van der Waals surface area contributed by atoms with Crippen LogP contribution in [-0.2, 0) is 16.8 Å². The van der Waals surface area contributed by atoms with Crippen LogP contribution in [-0.4, -0.2) is 41.9 Å². The van der Waals surface area contributed by atoms with Crippen LogP contribution in [0.5, 0.6) is 5.75 Å². The molecule has 6 heteroatoms. The molecule has 1 unspecified atom stereocenters. The third-order valence-electron chi connectivity index (χ3n) is 7.05. The lowest BCUT2D eigenvalue weighted by molar-refractivity contribution is -0.0460. The Balaban J connectivity index is 1.25. The molecule has 6 rings (SSSR count). The van der Waals surface area contributed by atoms with Gasteiger partial charge in [0, 0.05) is 31.8 Å². The van der Waals surface area contributed by atoms with Crippen molar-refractivity contribution in [3.63, 3.8) is 0 Å². The number of nitrogens with zero attached hydrogens (tertiary/aromatic N) is 2. The topological polar surface area (TPSA) is 51.8 Å². The number of ether oxygens (including phenoxy) is 2. The molecule has 0 radical (unpaired) electrons. The normalized spacial score (nSPS) is 24.6. The van der Waals surface area contributed by atoms with Crippen molar-refractivity contribution >= 4 is 5.69 Å². The highest BCUT2D eigenvalue weighted by molar-refractivity contribution is 5.69. The summed E-state index contributed by atoms with van der Waals surface area (Å²) in [6.45, 7) is 3.62. The van der Waals surface area contributed by atoms with Gasteiger partial charge in [0.1, 0.15) is 17.0 Å². The number of rotatable bonds is 3. The first-order valence-electron chi connectivity index (χ1n) is 10.7. The molecule has 0 aliphatic carbocycles. The smallest absolute Gasteiger partial charge is 0.121 e. The Hall–Kier alpha value is -2.70. The van der Waals surface area contributed by atoms with Gasteiger partial charge in [0.2, 0.25) is 0 Å². The maximum atomic E-state index is 6.60. The fourth-order valence-corrected chi connectivity index (χ4v) is 5.49. The van der Waals surface area contributed by atoms with Gasteiger partial charge in [0.25, 0.3) is 0 Å². The van der Waals surface area contributed by atoms with E-state index in [-0.39, 0.29) is 11.1 Å². The average Bonchev–Trinajstić information content (AvgIpc) is 3.52. The molecule has 2 fully saturated rings. The summed E-state index contributed by atoms with van der Waals surface area (Å²) in [6.07, 6.45) is 6.97. The molecular weight excluding hydrogens is 378 g/mol. The summed E-state index contributed by atoms with van der Waals surface area (Å²) < 4.78 is 19.9. The molecule has 2 aromatic heterocycles. The minimum Gasteiger partial charge on any atom is -0.497 e. The van der Waals surface area contributed by atoms with Crippen molar-refractivity contribution in [2.24, 2.45) is 0 Å². The monoisotopic (exact) mass is 405 g/mol. The van der Waals surface area contributed by atoms with Crippen LogP contribution in [0, 0.1) is 0 Å². The van der Waals surface area contributed by atoms with Crippen LogP contribution in [0.2, 0.25) is 0 Å². The first-order chi connectivity index (χ1) is 14.7. The first-order valence-corrected chi connectivity index (χ1v) is 10.7. The summed E-state index contributed by atoms with van der Waals surface area (Å²) >= 11 is 0. The van der Waals surface area contributed by atoms with Gasteiger partial charge < -0.3 is 23.8 Å².